The highest BCUT2D eigenvalue weighted by Crippen LogP contribution is 2.43. The SMILES string of the molecule is COC(=O)c1ccc(N2CCN(CC3=C(c4ccc(Cl)cc4)CC(C)(C)CC3)CC2)cc1Oc1ccccc1F. The van der Waals surface area contributed by atoms with E-state index in [2.05, 4.69) is 35.8 Å². The number of carbonyl (C=O) groups excluding carboxylic acids is 1. The molecule has 0 spiro atoms. The fourth-order valence-electron chi connectivity index (χ4n) is 5.61. The predicted octanol–water partition coefficient (Wildman–Crippen LogP) is 7.84. The van der Waals surface area contributed by atoms with E-state index in [1.165, 1.54) is 36.3 Å². The number of benzene rings is 3. The van der Waals surface area contributed by atoms with Gasteiger partial charge in [0.25, 0.3) is 0 Å². The first-order valence-electron chi connectivity index (χ1n) is 13.8. The number of ether oxygens (including phenoxy) is 2. The topological polar surface area (TPSA) is 42.0 Å². The van der Waals surface area contributed by atoms with Crippen molar-refractivity contribution in [2.24, 2.45) is 5.41 Å². The van der Waals surface area contributed by atoms with Crippen LogP contribution in [-0.4, -0.2) is 50.7 Å². The molecule has 0 saturated carbocycles. The van der Waals surface area contributed by atoms with Crippen molar-refractivity contribution in [3.05, 3.63) is 94.3 Å². The highest BCUT2D eigenvalue weighted by molar-refractivity contribution is 6.30. The largest absolute Gasteiger partial charge is 0.465 e. The van der Waals surface area contributed by atoms with Gasteiger partial charge in [-0.15, -0.1) is 0 Å². The molecule has 1 saturated heterocycles. The summed E-state index contributed by atoms with van der Waals surface area (Å²) in [6.45, 7) is 9.19. The van der Waals surface area contributed by atoms with Crippen LogP contribution in [0.3, 0.4) is 0 Å². The molecule has 1 fully saturated rings. The van der Waals surface area contributed by atoms with Gasteiger partial charge >= 0.3 is 5.97 Å². The van der Waals surface area contributed by atoms with E-state index in [9.17, 15) is 9.18 Å². The molecule has 0 radical (unpaired) electrons. The summed E-state index contributed by atoms with van der Waals surface area (Å²) in [5.74, 6) is -0.673. The Balaban J connectivity index is 1.31. The van der Waals surface area contributed by atoms with Crippen molar-refractivity contribution >= 4 is 28.8 Å². The third kappa shape index (κ3) is 6.51. The highest BCUT2D eigenvalue weighted by Gasteiger charge is 2.29. The van der Waals surface area contributed by atoms with Gasteiger partial charge in [0, 0.05) is 49.5 Å². The molecule has 2 aliphatic rings. The molecule has 3 aromatic carbocycles. The Labute approximate surface area is 241 Å². The number of methoxy groups -OCH3 is 1. The Hall–Kier alpha value is -3.35. The lowest BCUT2D eigenvalue weighted by Gasteiger charge is -2.39. The number of piperazine rings is 1. The Morgan fingerprint density at radius 2 is 1.70 bits per heavy atom. The van der Waals surface area contributed by atoms with Crippen LogP contribution in [0.5, 0.6) is 11.5 Å². The first kappa shape index (κ1) is 28.2. The second kappa shape index (κ2) is 12.0. The van der Waals surface area contributed by atoms with E-state index in [1.54, 1.807) is 30.3 Å². The van der Waals surface area contributed by atoms with Crippen LogP contribution in [0, 0.1) is 11.2 Å². The molecule has 5 nitrogen and oxygen atoms in total. The average Bonchev–Trinajstić information content (AvgIpc) is 2.95. The summed E-state index contributed by atoms with van der Waals surface area (Å²) in [5.41, 5.74) is 5.74. The van der Waals surface area contributed by atoms with Crippen molar-refractivity contribution in [2.75, 3.05) is 44.7 Å². The number of para-hydroxylation sites is 1. The first-order valence-corrected chi connectivity index (χ1v) is 14.2. The van der Waals surface area contributed by atoms with Gasteiger partial charge in [0.1, 0.15) is 11.3 Å². The van der Waals surface area contributed by atoms with Gasteiger partial charge in [-0.3, -0.25) is 4.90 Å². The number of allylic oxidation sites excluding steroid dienone is 1. The van der Waals surface area contributed by atoms with E-state index in [-0.39, 0.29) is 22.5 Å². The number of carbonyl (C=O) groups is 1. The number of hydrogen-bond donors (Lipinski definition) is 0. The summed E-state index contributed by atoms with van der Waals surface area (Å²) in [7, 11) is 1.32. The van der Waals surface area contributed by atoms with Crippen molar-refractivity contribution in [1.29, 1.82) is 0 Å². The van der Waals surface area contributed by atoms with Gasteiger partial charge in [0.15, 0.2) is 11.6 Å². The monoisotopic (exact) mass is 562 g/mol. The van der Waals surface area contributed by atoms with Crippen molar-refractivity contribution in [3.63, 3.8) is 0 Å². The third-order valence-electron chi connectivity index (χ3n) is 7.96. The molecule has 0 bridgehead atoms. The summed E-state index contributed by atoms with van der Waals surface area (Å²) < 4.78 is 25.1. The first-order chi connectivity index (χ1) is 19.2. The van der Waals surface area contributed by atoms with E-state index >= 15 is 0 Å². The van der Waals surface area contributed by atoms with Gasteiger partial charge in [-0.1, -0.05) is 55.3 Å². The Bertz CT molecular complexity index is 1400. The fourth-order valence-corrected chi connectivity index (χ4v) is 5.74. The van der Waals surface area contributed by atoms with E-state index in [4.69, 9.17) is 21.1 Å². The van der Waals surface area contributed by atoms with E-state index in [0.29, 0.717) is 0 Å². The molecular formula is C33H36ClFN2O3. The second-order valence-corrected chi connectivity index (χ2v) is 11.8. The van der Waals surface area contributed by atoms with Crippen molar-refractivity contribution in [1.82, 2.24) is 4.90 Å². The minimum absolute atomic E-state index is 0.0649. The van der Waals surface area contributed by atoms with Gasteiger partial charge < -0.3 is 14.4 Å². The second-order valence-electron chi connectivity index (χ2n) is 11.4. The zero-order valence-electron chi connectivity index (χ0n) is 23.4. The summed E-state index contributed by atoms with van der Waals surface area (Å²) in [6, 6.07) is 19.8. The molecular weight excluding hydrogens is 527 g/mol. The van der Waals surface area contributed by atoms with Crippen molar-refractivity contribution in [3.8, 4) is 11.5 Å². The zero-order valence-corrected chi connectivity index (χ0v) is 24.1. The third-order valence-corrected chi connectivity index (χ3v) is 8.21. The maximum absolute atomic E-state index is 14.3. The normalized spacial score (nSPS) is 17.6. The summed E-state index contributed by atoms with van der Waals surface area (Å²) in [5, 5.41) is 0.763. The molecule has 40 heavy (non-hydrogen) atoms. The van der Waals surface area contributed by atoms with Crippen LogP contribution in [0.2, 0.25) is 5.02 Å². The molecule has 1 aliphatic heterocycles. The maximum Gasteiger partial charge on any atom is 0.341 e. The van der Waals surface area contributed by atoms with Crippen molar-refractivity contribution in [2.45, 2.75) is 33.1 Å². The smallest absolute Gasteiger partial charge is 0.341 e. The molecule has 0 amide bonds. The van der Waals surface area contributed by atoms with Crippen LogP contribution in [0.25, 0.3) is 5.57 Å². The number of rotatable bonds is 7. The van der Waals surface area contributed by atoms with E-state index in [0.717, 1.165) is 56.3 Å². The number of hydrogen-bond acceptors (Lipinski definition) is 5. The molecule has 0 unspecified atom stereocenters. The van der Waals surface area contributed by atoms with Crippen LogP contribution in [0.1, 0.15) is 49.0 Å². The molecule has 210 valence electrons. The van der Waals surface area contributed by atoms with Crippen molar-refractivity contribution < 1.29 is 18.7 Å². The lowest BCUT2D eigenvalue weighted by Crippen LogP contribution is -2.47. The number of esters is 1. The maximum atomic E-state index is 14.3. The van der Waals surface area contributed by atoms with Crippen LogP contribution >= 0.6 is 11.6 Å². The quantitative estimate of drug-likeness (QED) is 0.274. The zero-order chi connectivity index (χ0) is 28.3. The van der Waals surface area contributed by atoms with Gasteiger partial charge in [0.05, 0.1) is 7.11 Å². The summed E-state index contributed by atoms with van der Waals surface area (Å²) in [4.78, 5) is 17.2. The summed E-state index contributed by atoms with van der Waals surface area (Å²) >= 11 is 6.18. The number of nitrogens with zero attached hydrogens (tertiary/aromatic N) is 2. The Morgan fingerprint density at radius 3 is 2.40 bits per heavy atom. The van der Waals surface area contributed by atoms with Gasteiger partial charge in [0.2, 0.25) is 0 Å². The van der Waals surface area contributed by atoms with Crippen LogP contribution in [0.4, 0.5) is 10.1 Å². The Morgan fingerprint density at radius 1 is 0.975 bits per heavy atom. The van der Waals surface area contributed by atoms with Crippen LogP contribution < -0.4 is 9.64 Å². The lowest BCUT2D eigenvalue weighted by atomic mass is 9.72. The molecule has 7 heteroatoms. The minimum Gasteiger partial charge on any atom is -0.465 e. The van der Waals surface area contributed by atoms with Gasteiger partial charge in [-0.25, -0.2) is 9.18 Å². The molecule has 0 N–H and O–H groups in total. The standard InChI is InChI=1S/C33H36ClFN2O3/c1-33(2)15-14-24(28(21-33)23-8-10-25(34)11-9-23)22-36-16-18-37(19-17-36)26-12-13-27(32(38)39-3)31(20-26)40-30-7-5-4-6-29(30)35/h4-13,20H,14-19,21-22H2,1-3H3. The highest BCUT2D eigenvalue weighted by atomic mass is 35.5. The molecule has 1 aliphatic carbocycles. The minimum atomic E-state index is -0.525. The molecule has 0 atom stereocenters. The number of anilines is 1. The summed E-state index contributed by atoms with van der Waals surface area (Å²) in [6.07, 6.45) is 3.37. The van der Waals surface area contributed by atoms with Gasteiger partial charge in [-0.05, 0) is 72.2 Å². The van der Waals surface area contributed by atoms with Crippen LogP contribution in [-0.2, 0) is 4.74 Å². The molecule has 0 aromatic heterocycles. The van der Waals surface area contributed by atoms with Crippen LogP contribution in [0.15, 0.2) is 72.3 Å². The molecule has 3 aromatic rings. The number of halogens is 2. The Kier molecular flexibility index (Phi) is 8.48. The fraction of sp³-hybridized carbons (Fsp3) is 0.364. The molecule has 1 heterocycles. The van der Waals surface area contributed by atoms with Gasteiger partial charge in [-0.2, -0.15) is 0 Å². The van der Waals surface area contributed by atoms with E-state index < -0.39 is 11.8 Å². The lowest BCUT2D eigenvalue weighted by molar-refractivity contribution is 0.0598. The predicted molar refractivity (Wildman–Crippen MR) is 159 cm³/mol. The molecule has 5 rings (SSSR count). The van der Waals surface area contributed by atoms with E-state index in [1.807, 2.05) is 18.2 Å². The average molecular weight is 563 g/mol.